The predicted octanol–water partition coefficient (Wildman–Crippen LogP) is 0.686. The van der Waals surface area contributed by atoms with Crippen molar-refractivity contribution in [3.8, 4) is 0 Å². The zero-order valence-electron chi connectivity index (χ0n) is 13.8. The van der Waals surface area contributed by atoms with Crippen molar-refractivity contribution >= 4 is 17.4 Å². The smallest absolute Gasteiger partial charge is 0.274 e. The van der Waals surface area contributed by atoms with Crippen LogP contribution < -0.4 is 4.90 Å². The summed E-state index contributed by atoms with van der Waals surface area (Å²) in [5.74, 6) is 1.40. The van der Waals surface area contributed by atoms with Crippen LogP contribution in [0, 0.1) is 0 Å². The van der Waals surface area contributed by atoms with E-state index < -0.39 is 0 Å². The molecule has 0 atom stereocenters. The van der Waals surface area contributed by atoms with Crippen molar-refractivity contribution in [3.63, 3.8) is 0 Å². The van der Waals surface area contributed by atoms with Gasteiger partial charge in [-0.15, -0.1) is 15.3 Å². The lowest BCUT2D eigenvalue weighted by molar-refractivity contribution is 0.0699. The Morgan fingerprint density at radius 2 is 2.16 bits per heavy atom. The zero-order valence-corrected chi connectivity index (χ0v) is 13.8. The summed E-state index contributed by atoms with van der Waals surface area (Å²) < 4.78 is 1.65. The van der Waals surface area contributed by atoms with Gasteiger partial charge in [-0.2, -0.15) is 9.61 Å². The molecule has 0 radical (unpaired) electrons. The Kier molecular flexibility index (Phi) is 3.03. The molecule has 0 unspecified atom stereocenters. The fraction of sp³-hybridized carbons (Fsp3) is 0.438. The predicted molar refractivity (Wildman–Crippen MR) is 89.4 cm³/mol. The molecule has 1 saturated heterocycles. The third-order valence-corrected chi connectivity index (χ3v) is 5.04. The molecule has 2 aliphatic rings. The number of carbonyl (C=O) groups excluding carboxylic acids is 1. The summed E-state index contributed by atoms with van der Waals surface area (Å²) in [5, 5.41) is 19.4. The van der Waals surface area contributed by atoms with Crippen LogP contribution in [0.5, 0.6) is 0 Å². The van der Waals surface area contributed by atoms with E-state index in [1.807, 2.05) is 25.2 Å². The van der Waals surface area contributed by atoms with Crippen LogP contribution in [0.4, 0.5) is 5.82 Å². The van der Waals surface area contributed by atoms with Gasteiger partial charge in [-0.25, -0.2) is 0 Å². The number of fused-ring (bicyclic) bond motifs is 1. The largest absolute Gasteiger partial charge is 0.351 e. The van der Waals surface area contributed by atoms with Crippen molar-refractivity contribution in [2.24, 2.45) is 0 Å². The third kappa shape index (κ3) is 2.43. The van der Waals surface area contributed by atoms with Gasteiger partial charge in [-0.1, -0.05) is 0 Å². The summed E-state index contributed by atoms with van der Waals surface area (Å²) in [6, 6.07) is 5.87. The number of nitrogens with zero attached hydrogens (tertiary/aromatic N) is 7. The Bertz CT molecular complexity index is 936. The van der Waals surface area contributed by atoms with Gasteiger partial charge in [-0.05, 0) is 31.0 Å². The number of aromatic nitrogens is 6. The van der Waals surface area contributed by atoms with E-state index in [0.29, 0.717) is 11.6 Å². The lowest BCUT2D eigenvalue weighted by Crippen LogP contribution is -2.60. The lowest BCUT2D eigenvalue weighted by atomic mass is 10.1. The number of carbonyl (C=O) groups is 1. The molecule has 1 amide bonds. The van der Waals surface area contributed by atoms with Crippen molar-refractivity contribution < 1.29 is 4.79 Å². The molecule has 5 rings (SSSR count). The van der Waals surface area contributed by atoms with Crippen molar-refractivity contribution in [1.82, 2.24) is 34.9 Å². The number of rotatable bonds is 4. The number of amides is 1. The van der Waals surface area contributed by atoms with Crippen LogP contribution in [-0.2, 0) is 0 Å². The van der Waals surface area contributed by atoms with E-state index in [1.54, 1.807) is 15.7 Å². The van der Waals surface area contributed by atoms with Crippen LogP contribution in [0.1, 0.15) is 34.9 Å². The van der Waals surface area contributed by atoms with Gasteiger partial charge in [0.2, 0.25) is 0 Å². The average Bonchev–Trinajstić information content (AvgIpc) is 3.13. The molecule has 3 aromatic heterocycles. The molecular weight excluding hydrogens is 320 g/mol. The third-order valence-electron chi connectivity index (χ3n) is 5.04. The van der Waals surface area contributed by atoms with E-state index in [2.05, 4.69) is 30.4 Å². The van der Waals surface area contributed by atoms with Crippen LogP contribution in [0.15, 0.2) is 24.5 Å². The Balaban J connectivity index is 1.24. The summed E-state index contributed by atoms with van der Waals surface area (Å²) in [4.78, 5) is 16.5. The molecule has 0 bridgehead atoms. The summed E-state index contributed by atoms with van der Waals surface area (Å²) in [5.41, 5.74) is 2.31. The van der Waals surface area contributed by atoms with Gasteiger partial charge < -0.3 is 9.80 Å². The van der Waals surface area contributed by atoms with E-state index in [1.165, 1.54) is 12.8 Å². The molecule has 0 aromatic carbocycles. The van der Waals surface area contributed by atoms with E-state index in [-0.39, 0.29) is 11.9 Å². The first-order chi connectivity index (χ1) is 12.2. The lowest BCUT2D eigenvalue weighted by Gasteiger charge is -2.44. The second-order valence-electron chi connectivity index (χ2n) is 6.78. The molecule has 1 aliphatic carbocycles. The second kappa shape index (κ2) is 5.27. The van der Waals surface area contributed by atoms with Gasteiger partial charge in [0, 0.05) is 31.7 Å². The average molecular weight is 338 g/mol. The first-order valence-electron chi connectivity index (χ1n) is 8.43. The van der Waals surface area contributed by atoms with Gasteiger partial charge in [-0.3, -0.25) is 9.89 Å². The summed E-state index contributed by atoms with van der Waals surface area (Å²) >= 11 is 0. The van der Waals surface area contributed by atoms with Crippen LogP contribution in [-0.4, -0.2) is 67.0 Å². The summed E-state index contributed by atoms with van der Waals surface area (Å²) in [6.07, 6.45) is 3.96. The molecule has 25 heavy (non-hydrogen) atoms. The highest BCUT2D eigenvalue weighted by atomic mass is 16.2. The Hall–Kier alpha value is -2.97. The molecule has 3 aromatic rings. The molecule has 1 saturated carbocycles. The second-order valence-corrected chi connectivity index (χ2v) is 6.78. The zero-order chi connectivity index (χ0) is 17.0. The number of aromatic amines is 1. The SMILES string of the molecule is CN(C(=O)c1cc(C2CC2)[nH]n1)C1CN(c2ccc3nncn3n2)C1. The maximum absolute atomic E-state index is 12.6. The number of H-pyrrole nitrogens is 1. The number of anilines is 1. The minimum atomic E-state index is -0.0324. The van der Waals surface area contributed by atoms with E-state index >= 15 is 0 Å². The van der Waals surface area contributed by atoms with Crippen molar-refractivity contribution in [3.05, 3.63) is 35.9 Å². The highest BCUT2D eigenvalue weighted by molar-refractivity contribution is 5.92. The van der Waals surface area contributed by atoms with Gasteiger partial charge in [0.25, 0.3) is 5.91 Å². The number of likely N-dealkylation sites (N-methyl/N-ethyl adjacent to an activating group) is 1. The van der Waals surface area contributed by atoms with Gasteiger partial charge in [0.15, 0.2) is 5.65 Å². The fourth-order valence-corrected chi connectivity index (χ4v) is 3.17. The van der Waals surface area contributed by atoms with E-state index in [4.69, 9.17) is 0 Å². The number of hydrogen-bond donors (Lipinski definition) is 1. The molecule has 128 valence electrons. The molecule has 2 fully saturated rings. The van der Waals surface area contributed by atoms with Crippen LogP contribution >= 0.6 is 0 Å². The molecule has 4 heterocycles. The molecule has 9 heteroatoms. The quantitative estimate of drug-likeness (QED) is 0.752. The highest BCUT2D eigenvalue weighted by Crippen LogP contribution is 2.39. The topological polar surface area (TPSA) is 95.3 Å². The Labute approximate surface area is 143 Å². The van der Waals surface area contributed by atoms with Gasteiger partial charge in [0.05, 0.1) is 6.04 Å². The van der Waals surface area contributed by atoms with E-state index in [0.717, 1.165) is 30.2 Å². The number of nitrogens with one attached hydrogen (secondary N) is 1. The first kappa shape index (κ1) is 14.4. The van der Waals surface area contributed by atoms with Crippen molar-refractivity contribution in [1.29, 1.82) is 0 Å². The molecule has 1 aliphatic heterocycles. The Morgan fingerprint density at radius 3 is 2.96 bits per heavy atom. The molecular formula is C16H18N8O. The molecule has 0 spiro atoms. The minimum Gasteiger partial charge on any atom is -0.351 e. The maximum atomic E-state index is 12.6. The minimum absolute atomic E-state index is 0.0324. The number of hydrogen-bond acceptors (Lipinski definition) is 6. The van der Waals surface area contributed by atoms with Gasteiger partial charge >= 0.3 is 0 Å². The Morgan fingerprint density at radius 1 is 1.32 bits per heavy atom. The molecule has 9 nitrogen and oxygen atoms in total. The standard InChI is InChI=1S/C16H18N8O/c1-22(16(25)13-6-12(18-19-13)10-2-3-10)11-7-23(8-11)15-5-4-14-20-17-9-24(14)21-15/h4-6,9-11H,2-3,7-8H2,1H3,(H,18,19). The van der Waals surface area contributed by atoms with Crippen LogP contribution in [0.25, 0.3) is 5.65 Å². The van der Waals surface area contributed by atoms with E-state index in [9.17, 15) is 4.79 Å². The van der Waals surface area contributed by atoms with Gasteiger partial charge in [0.1, 0.15) is 17.8 Å². The fourth-order valence-electron chi connectivity index (χ4n) is 3.17. The normalized spacial score (nSPS) is 17.7. The monoisotopic (exact) mass is 338 g/mol. The molecule has 1 N–H and O–H groups in total. The van der Waals surface area contributed by atoms with Crippen LogP contribution in [0.3, 0.4) is 0 Å². The summed E-state index contributed by atoms with van der Waals surface area (Å²) in [6.45, 7) is 1.51. The first-order valence-corrected chi connectivity index (χ1v) is 8.43. The van der Waals surface area contributed by atoms with Crippen LogP contribution in [0.2, 0.25) is 0 Å². The maximum Gasteiger partial charge on any atom is 0.274 e. The van der Waals surface area contributed by atoms with Crippen molar-refractivity contribution in [2.75, 3.05) is 25.0 Å². The highest BCUT2D eigenvalue weighted by Gasteiger charge is 2.35. The van der Waals surface area contributed by atoms with Crippen molar-refractivity contribution in [2.45, 2.75) is 24.8 Å². The summed E-state index contributed by atoms with van der Waals surface area (Å²) in [7, 11) is 1.84.